The summed E-state index contributed by atoms with van der Waals surface area (Å²) in [4.78, 5) is 16.9. The van der Waals surface area contributed by atoms with E-state index in [1.54, 1.807) is 31.4 Å². The number of hydrogen-bond donors (Lipinski definition) is 2. The van der Waals surface area contributed by atoms with Crippen molar-refractivity contribution in [3.63, 3.8) is 0 Å². The van der Waals surface area contributed by atoms with Crippen molar-refractivity contribution in [3.8, 4) is 5.75 Å². The van der Waals surface area contributed by atoms with Crippen molar-refractivity contribution in [2.75, 3.05) is 24.3 Å². The van der Waals surface area contributed by atoms with Gasteiger partial charge in [0.15, 0.2) is 5.13 Å². The molecule has 158 valence electrons. The molecular weight excluding hydrogens is 439 g/mol. The molecule has 10 heteroatoms. The Hall–Kier alpha value is -2.78. The standard InChI is InChI=1S/C20H17ClF3N3O2S/c1-29-15-5-3-14(4-6-15)25-11-18(28)27-19-26-10-16(30-19)9-12-8-13(20(22,23)24)2-7-17(12)21/h2-8,10,25H,9,11H2,1H3,(H,26,27,28). The van der Waals surface area contributed by atoms with Crippen LogP contribution < -0.4 is 15.4 Å². The molecule has 0 aliphatic rings. The van der Waals surface area contributed by atoms with Gasteiger partial charge in [0.05, 0.1) is 19.2 Å². The molecule has 1 heterocycles. The van der Waals surface area contributed by atoms with Crippen LogP contribution in [0, 0.1) is 0 Å². The molecule has 0 aliphatic heterocycles. The van der Waals surface area contributed by atoms with Gasteiger partial charge < -0.3 is 15.4 Å². The molecule has 1 amide bonds. The number of benzene rings is 2. The largest absolute Gasteiger partial charge is 0.497 e. The number of nitrogens with zero attached hydrogens (tertiary/aromatic N) is 1. The average Bonchev–Trinajstić information content (AvgIpc) is 3.14. The van der Waals surface area contributed by atoms with Crippen molar-refractivity contribution in [3.05, 3.63) is 69.7 Å². The van der Waals surface area contributed by atoms with Crippen molar-refractivity contribution in [2.24, 2.45) is 0 Å². The van der Waals surface area contributed by atoms with Gasteiger partial charge in [-0.15, -0.1) is 11.3 Å². The predicted molar refractivity (Wildman–Crippen MR) is 111 cm³/mol. The molecule has 0 saturated heterocycles. The zero-order valence-corrected chi connectivity index (χ0v) is 17.3. The van der Waals surface area contributed by atoms with Gasteiger partial charge >= 0.3 is 6.18 Å². The van der Waals surface area contributed by atoms with E-state index in [0.717, 1.165) is 17.8 Å². The van der Waals surface area contributed by atoms with Crippen LogP contribution in [0.1, 0.15) is 16.0 Å². The number of nitrogens with one attached hydrogen (secondary N) is 2. The minimum absolute atomic E-state index is 0.0285. The lowest BCUT2D eigenvalue weighted by Crippen LogP contribution is -2.21. The Morgan fingerprint density at radius 2 is 1.93 bits per heavy atom. The van der Waals surface area contributed by atoms with Gasteiger partial charge in [-0.05, 0) is 48.0 Å². The summed E-state index contributed by atoms with van der Waals surface area (Å²) in [7, 11) is 1.57. The first-order valence-electron chi connectivity index (χ1n) is 8.72. The molecule has 5 nitrogen and oxygen atoms in total. The van der Waals surface area contributed by atoms with Gasteiger partial charge in [-0.1, -0.05) is 11.6 Å². The van der Waals surface area contributed by atoms with Crippen LogP contribution in [-0.2, 0) is 17.4 Å². The molecule has 3 aromatic rings. The highest BCUT2D eigenvalue weighted by Gasteiger charge is 2.30. The monoisotopic (exact) mass is 455 g/mol. The fraction of sp³-hybridized carbons (Fsp3) is 0.200. The normalized spacial score (nSPS) is 11.2. The Labute approximate surface area is 179 Å². The second kappa shape index (κ2) is 9.36. The van der Waals surface area contributed by atoms with E-state index in [-0.39, 0.29) is 23.9 Å². The molecule has 0 bridgehead atoms. The van der Waals surface area contributed by atoms with Crippen molar-refractivity contribution in [1.29, 1.82) is 0 Å². The zero-order chi connectivity index (χ0) is 21.7. The van der Waals surface area contributed by atoms with Gasteiger partial charge in [-0.3, -0.25) is 4.79 Å². The van der Waals surface area contributed by atoms with Crippen molar-refractivity contribution in [2.45, 2.75) is 12.6 Å². The molecule has 0 saturated carbocycles. The van der Waals surface area contributed by atoms with Gasteiger partial charge in [-0.25, -0.2) is 4.98 Å². The summed E-state index contributed by atoms with van der Waals surface area (Å²) in [5, 5.41) is 6.23. The maximum Gasteiger partial charge on any atom is 0.416 e. The molecule has 0 spiro atoms. The second-order valence-electron chi connectivity index (χ2n) is 6.24. The molecule has 2 aromatic carbocycles. The number of ether oxygens (including phenoxy) is 1. The maximum atomic E-state index is 12.9. The Morgan fingerprint density at radius 1 is 1.20 bits per heavy atom. The van der Waals surface area contributed by atoms with E-state index in [9.17, 15) is 18.0 Å². The molecule has 0 aliphatic carbocycles. The first-order chi connectivity index (χ1) is 14.2. The van der Waals surface area contributed by atoms with E-state index in [4.69, 9.17) is 16.3 Å². The van der Waals surface area contributed by atoms with Gasteiger partial charge in [0, 0.05) is 28.2 Å². The van der Waals surface area contributed by atoms with Crippen LogP contribution in [0.25, 0.3) is 0 Å². The summed E-state index contributed by atoms with van der Waals surface area (Å²) >= 11 is 7.21. The summed E-state index contributed by atoms with van der Waals surface area (Å²) in [5.41, 5.74) is 0.337. The lowest BCUT2D eigenvalue weighted by molar-refractivity contribution is -0.137. The Balaban J connectivity index is 1.57. The number of thiazole rings is 1. The van der Waals surface area contributed by atoms with Crippen LogP contribution in [0.3, 0.4) is 0 Å². The first-order valence-corrected chi connectivity index (χ1v) is 9.92. The Morgan fingerprint density at radius 3 is 2.60 bits per heavy atom. The Bertz CT molecular complexity index is 1020. The van der Waals surface area contributed by atoms with Crippen molar-refractivity contribution < 1.29 is 22.7 Å². The molecule has 30 heavy (non-hydrogen) atoms. The molecule has 3 rings (SSSR count). The number of rotatable bonds is 7. The number of aromatic nitrogens is 1. The van der Waals surface area contributed by atoms with Crippen LogP contribution in [0.5, 0.6) is 5.75 Å². The number of carbonyl (C=O) groups excluding carboxylic acids is 1. The second-order valence-corrected chi connectivity index (χ2v) is 7.77. The van der Waals surface area contributed by atoms with E-state index in [0.29, 0.717) is 21.3 Å². The number of methoxy groups -OCH3 is 1. The van der Waals surface area contributed by atoms with Crippen LogP contribution in [0.15, 0.2) is 48.7 Å². The summed E-state index contributed by atoms with van der Waals surface area (Å²) in [5.74, 6) is 0.407. The molecule has 0 atom stereocenters. The molecule has 0 radical (unpaired) electrons. The first kappa shape index (κ1) is 21.9. The fourth-order valence-corrected chi connectivity index (χ4v) is 3.61. The van der Waals surface area contributed by atoms with Gasteiger partial charge in [-0.2, -0.15) is 13.2 Å². The molecule has 2 N–H and O–H groups in total. The highest BCUT2D eigenvalue weighted by Crippen LogP contribution is 2.33. The van der Waals surface area contributed by atoms with Crippen LogP contribution in [0.4, 0.5) is 24.0 Å². The summed E-state index contributed by atoms with van der Waals surface area (Å²) < 4.78 is 43.8. The minimum atomic E-state index is -4.44. The number of anilines is 2. The van der Waals surface area contributed by atoms with Crippen LogP contribution in [0.2, 0.25) is 5.02 Å². The quantitative estimate of drug-likeness (QED) is 0.496. The topological polar surface area (TPSA) is 63.2 Å². The zero-order valence-electron chi connectivity index (χ0n) is 15.7. The molecule has 0 fully saturated rings. The molecule has 1 aromatic heterocycles. The summed E-state index contributed by atoms with van der Waals surface area (Å²) in [6.45, 7) is 0.0285. The van der Waals surface area contributed by atoms with Crippen molar-refractivity contribution >= 4 is 39.7 Å². The highest BCUT2D eigenvalue weighted by atomic mass is 35.5. The van der Waals surface area contributed by atoms with E-state index < -0.39 is 11.7 Å². The van der Waals surface area contributed by atoms with Gasteiger partial charge in [0.1, 0.15) is 5.75 Å². The van der Waals surface area contributed by atoms with Crippen LogP contribution in [-0.4, -0.2) is 24.5 Å². The number of hydrogen-bond acceptors (Lipinski definition) is 5. The van der Waals surface area contributed by atoms with E-state index in [1.165, 1.54) is 23.6 Å². The lowest BCUT2D eigenvalue weighted by atomic mass is 10.1. The van der Waals surface area contributed by atoms with E-state index in [1.807, 2.05) is 0 Å². The third-order valence-corrected chi connectivity index (χ3v) is 5.36. The summed E-state index contributed by atoms with van der Waals surface area (Å²) in [6, 6.07) is 10.3. The molecular formula is C20H17ClF3N3O2S. The summed E-state index contributed by atoms with van der Waals surface area (Å²) in [6.07, 6.45) is -2.75. The van der Waals surface area contributed by atoms with E-state index >= 15 is 0 Å². The number of amides is 1. The number of halogens is 4. The highest BCUT2D eigenvalue weighted by molar-refractivity contribution is 7.15. The lowest BCUT2D eigenvalue weighted by Gasteiger charge is -2.09. The maximum absolute atomic E-state index is 12.9. The third-order valence-electron chi connectivity index (χ3n) is 4.08. The average molecular weight is 456 g/mol. The smallest absolute Gasteiger partial charge is 0.416 e. The molecule has 0 unspecified atom stereocenters. The Kier molecular flexibility index (Phi) is 6.84. The van der Waals surface area contributed by atoms with Crippen molar-refractivity contribution in [1.82, 2.24) is 4.98 Å². The fourth-order valence-electron chi connectivity index (χ4n) is 2.58. The SMILES string of the molecule is COc1ccc(NCC(=O)Nc2ncc(Cc3cc(C(F)(F)F)ccc3Cl)s2)cc1. The predicted octanol–water partition coefficient (Wildman–Crippen LogP) is 5.47. The van der Waals surface area contributed by atoms with Crippen LogP contribution >= 0.6 is 22.9 Å². The minimum Gasteiger partial charge on any atom is -0.497 e. The van der Waals surface area contributed by atoms with Gasteiger partial charge in [0.2, 0.25) is 5.91 Å². The van der Waals surface area contributed by atoms with E-state index in [2.05, 4.69) is 15.6 Å². The number of carbonyl (C=O) groups is 1. The third kappa shape index (κ3) is 5.87. The number of alkyl halides is 3. The van der Waals surface area contributed by atoms with Gasteiger partial charge in [0.25, 0.3) is 0 Å².